The van der Waals surface area contributed by atoms with E-state index < -0.39 is 0 Å². The van der Waals surface area contributed by atoms with Gasteiger partial charge in [0.05, 0.1) is 31.8 Å². The summed E-state index contributed by atoms with van der Waals surface area (Å²) >= 11 is 0. The molecule has 4 heteroatoms. The Morgan fingerprint density at radius 1 is 0.765 bits per heavy atom. The van der Waals surface area contributed by atoms with Crippen LogP contribution in [0.2, 0.25) is 0 Å². The largest absolute Gasteiger partial charge is 0.384 e. The number of hydrogen-bond donors (Lipinski definition) is 0. The van der Waals surface area contributed by atoms with Gasteiger partial charge in [-0.1, -0.05) is 19.8 Å². The molecule has 0 aromatic carbocycles. The Bertz CT molecular complexity index is 144. The molecule has 0 atom stereocenters. The minimum absolute atomic E-state index is 0.190. The van der Waals surface area contributed by atoms with Crippen LogP contribution in [0.1, 0.15) is 26.2 Å². The van der Waals surface area contributed by atoms with E-state index in [-0.39, 0.29) is 5.41 Å². The number of methoxy groups -OCH3 is 3. The van der Waals surface area contributed by atoms with Crippen LogP contribution in [0, 0.1) is 5.41 Å². The highest BCUT2D eigenvalue weighted by Crippen LogP contribution is 2.19. The molecule has 4 nitrogen and oxygen atoms in total. The quantitative estimate of drug-likeness (QED) is 0.496. The van der Waals surface area contributed by atoms with Crippen LogP contribution in [0.3, 0.4) is 0 Å². The highest BCUT2D eigenvalue weighted by atomic mass is 16.5. The Balaban J connectivity index is 4.05. The van der Waals surface area contributed by atoms with Crippen LogP contribution in [0.15, 0.2) is 0 Å². The average molecular weight is 248 g/mol. The van der Waals surface area contributed by atoms with Crippen molar-refractivity contribution in [2.24, 2.45) is 5.41 Å². The van der Waals surface area contributed by atoms with Crippen molar-refractivity contribution >= 4 is 0 Å². The highest BCUT2D eigenvalue weighted by molar-refractivity contribution is 4.78. The lowest BCUT2D eigenvalue weighted by atomic mass is 9.92. The van der Waals surface area contributed by atoms with Crippen molar-refractivity contribution in [2.45, 2.75) is 26.2 Å². The van der Waals surface area contributed by atoms with E-state index in [4.69, 9.17) is 18.9 Å². The van der Waals surface area contributed by atoms with Gasteiger partial charge in [0.15, 0.2) is 0 Å². The molecule has 0 rings (SSSR count). The minimum Gasteiger partial charge on any atom is -0.384 e. The summed E-state index contributed by atoms with van der Waals surface area (Å²) in [5, 5.41) is 0. The second-order valence-electron chi connectivity index (χ2n) is 4.56. The standard InChI is InChI=1S/C13H28O4/c1-5-6-7-8-17-12-13(9-14-2,10-15-3)11-16-4/h5-12H2,1-4H3. The van der Waals surface area contributed by atoms with Crippen molar-refractivity contribution in [2.75, 3.05) is 54.4 Å². The maximum atomic E-state index is 5.72. The van der Waals surface area contributed by atoms with E-state index in [9.17, 15) is 0 Å². The first-order chi connectivity index (χ1) is 8.24. The maximum absolute atomic E-state index is 5.72. The molecule has 0 saturated carbocycles. The monoisotopic (exact) mass is 248 g/mol. The third-order valence-electron chi connectivity index (χ3n) is 2.65. The number of hydrogen-bond acceptors (Lipinski definition) is 4. The summed E-state index contributed by atoms with van der Waals surface area (Å²) in [6, 6.07) is 0. The average Bonchev–Trinajstić information content (AvgIpc) is 2.30. The Morgan fingerprint density at radius 3 is 1.71 bits per heavy atom. The smallest absolute Gasteiger partial charge is 0.0637 e. The third kappa shape index (κ3) is 7.71. The molecule has 0 aliphatic heterocycles. The first-order valence-corrected chi connectivity index (χ1v) is 6.29. The van der Waals surface area contributed by atoms with Crippen molar-refractivity contribution in [3.05, 3.63) is 0 Å². The summed E-state index contributed by atoms with van der Waals surface area (Å²) in [5.74, 6) is 0. The maximum Gasteiger partial charge on any atom is 0.0637 e. The Kier molecular flexibility index (Phi) is 10.9. The molecule has 0 aliphatic carbocycles. The van der Waals surface area contributed by atoms with Gasteiger partial charge in [-0.15, -0.1) is 0 Å². The van der Waals surface area contributed by atoms with Gasteiger partial charge in [-0.05, 0) is 6.42 Å². The molecule has 0 amide bonds. The van der Waals surface area contributed by atoms with Gasteiger partial charge in [0, 0.05) is 27.9 Å². The highest BCUT2D eigenvalue weighted by Gasteiger charge is 2.31. The van der Waals surface area contributed by atoms with Crippen molar-refractivity contribution < 1.29 is 18.9 Å². The van der Waals surface area contributed by atoms with Gasteiger partial charge in [0.2, 0.25) is 0 Å². The number of unbranched alkanes of at least 4 members (excludes halogenated alkanes) is 2. The minimum atomic E-state index is -0.190. The van der Waals surface area contributed by atoms with E-state index in [1.165, 1.54) is 12.8 Å². The zero-order valence-electron chi connectivity index (χ0n) is 11.8. The van der Waals surface area contributed by atoms with Crippen LogP contribution in [0.5, 0.6) is 0 Å². The van der Waals surface area contributed by atoms with Crippen LogP contribution >= 0.6 is 0 Å². The number of rotatable bonds is 12. The molecule has 0 bridgehead atoms. The molecule has 0 aliphatic rings. The molecule has 0 heterocycles. The number of ether oxygens (including phenoxy) is 4. The van der Waals surface area contributed by atoms with Crippen molar-refractivity contribution in [1.82, 2.24) is 0 Å². The molecule has 104 valence electrons. The van der Waals surface area contributed by atoms with Gasteiger partial charge < -0.3 is 18.9 Å². The van der Waals surface area contributed by atoms with E-state index in [0.29, 0.717) is 26.4 Å². The second kappa shape index (κ2) is 11.0. The van der Waals surface area contributed by atoms with Crippen LogP contribution in [0.25, 0.3) is 0 Å². The lowest BCUT2D eigenvalue weighted by Gasteiger charge is -2.31. The molecule has 0 unspecified atom stereocenters. The van der Waals surface area contributed by atoms with Gasteiger partial charge in [0.25, 0.3) is 0 Å². The zero-order chi connectivity index (χ0) is 13.0. The summed E-state index contributed by atoms with van der Waals surface area (Å²) in [4.78, 5) is 0. The first kappa shape index (κ1) is 16.8. The second-order valence-corrected chi connectivity index (χ2v) is 4.56. The fourth-order valence-electron chi connectivity index (χ4n) is 1.91. The summed E-state index contributed by atoms with van der Waals surface area (Å²) in [6.45, 7) is 5.36. The van der Waals surface area contributed by atoms with E-state index in [1.807, 2.05) is 0 Å². The lowest BCUT2D eigenvalue weighted by molar-refractivity contribution is -0.0851. The van der Waals surface area contributed by atoms with Crippen molar-refractivity contribution in [3.63, 3.8) is 0 Å². The third-order valence-corrected chi connectivity index (χ3v) is 2.65. The fourth-order valence-corrected chi connectivity index (χ4v) is 1.91. The van der Waals surface area contributed by atoms with E-state index in [0.717, 1.165) is 13.0 Å². The Hall–Kier alpha value is -0.160. The van der Waals surface area contributed by atoms with Crippen LogP contribution in [-0.2, 0) is 18.9 Å². The molecule has 0 radical (unpaired) electrons. The van der Waals surface area contributed by atoms with Gasteiger partial charge in [-0.25, -0.2) is 0 Å². The van der Waals surface area contributed by atoms with Gasteiger partial charge in [-0.2, -0.15) is 0 Å². The molecule has 0 aromatic rings. The molecule has 0 N–H and O–H groups in total. The lowest BCUT2D eigenvalue weighted by Crippen LogP contribution is -2.40. The molecular formula is C13H28O4. The van der Waals surface area contributed by atoms with Crippen molar-refractivity contribution in [3.8, 4) is 0 Å². The van der Waals surface area contributed by atoms with Crippen molar-refractivity contribution in [1.29, 1.82) is 0 Å². The summed E-state index contributed by atoms with van der Waals surface area (Å²) < 4.78 is 21.5. The van der Waals surface area contributed by atoms with Crippen LogP contribution in [0.4, 0.5) is 0 Å². The summed E-state index contributed by atoms with van der Waals surface area (Å²) in [7, 11) is 5.07. The molecular weight excluding hydrogens is 220 g/mol. The van der Waals surface area contributed by atoms with E-state index in [1.54, 1.807) is 21.3 Å². The van der Waals surface area contributed by atoms with Crippen LogP contribution < -0.4 is 0 Å². The molecule has 0 saturated heterocycles. The van der Waals surface area contributed by atoms with Crippen LogP contribution in [-0.4, -0.2) is 54.4 Å². The zero-order valence-corrected chi connectivity index (χ0v) is 11.8. The van der Waals surface area contributed by atoms with E-state index in [2.05, 4.69) is 6.92 Å². The molecule has 0 aromatic heterocycles. The predicted molar refractivity (Wildman–Crippen MR) is 68.4 cm³/mol. The van der Waals surface area contributed by atoms with Gasteiger partial charge >= 0.3 is 0 Å². The normalized spacial score (nSPS) is 12.0. The molecule has 17 heavy (non-hydrogen) atoms. The topological polar surface area (TPSA) is 36.9 Å². The molecule has 0 fully saturated rings. The predicted octanol–water partition coefficient (Wildman–Crippen LogP) is 2.12. The summed E-state index contributed by atoms with van der Waals surface area (Å²) in [5.41, 5.74) is -0.190. The molecule has 0 spiro atoms. The fraction of sp³-hybridized carbons (Fsp3) is 1.00. The SMILES string of the molecule is CCCCCOCC(COC)(COC)COC. The van der Waals surface area contributed by atoms with E-state index >= 15 is 0 Å². The van der Waals surface area contributed by atoms with Gasteiger partial charge in [-0.3, -0.25) is 0 Å². The first-order valence-electron chi connectivity index (χ1n) is 6.29. The van der Waals surface area contributed by atoms with Gasteiger partial charge in [0.1, 0.15) is 0 Å². The summed E-state index contributed by atoms with van der Waals surface area (Å²) in [6.07, 6.45) is 3.54. The Morgan fingerprint density at radius 2 is 1.29 bits per heavy atom. The Labute approximate surface area is 106 Å².